The summed E-state index contributed by atoms with van der Waals surface area (Å²) in [4.78, 5) is 2.51. The van der Waals surface area contributed by atoms with Crippen molar-refractivity contribution < 1.29 is 4.74 Å². The minimum Gasteiger partial charge on any atom is -0.379 e. The van der Waals surface area contributed by atoms with Gasteiger partial charge in [-0.3, -0.25) is 4.90 Å². The molecule has 0 atom stereocenters. The first kappa shape index (κ1) is 16.7. The van der Waals surface area contributed by atoms with Crippen LogP contribution in [0.15, 0.2) is 0 Å². The van der Waals surface area contributed by atoms with E-state index in [4.69, 9.17) is 4.74 Å². The lowest BCUT2D eigenvalue weighted by Gasteiger charge is -2.26. The fraction of sp³-hybridized carbons (Fsp3) is 1.00. The topological polar surface area (TPSA) is 12.5 Å². The zero-order valence-corrected chi connectivity index (χ0v) is 13.9. The van der Waals surface area contributed by atoms with Crippen LogP contribution in [-0.2, 0) is 4.74 Å². The van der Waals surface area contributed by atoms with Crippen LogP contribution in [0.1, 0.15) is 40.0 Å². The Balaban J connectivity index is 1.81. The third kappa shape index (κ3) is 9.54. The summed E-state index contributed by atoms with van der Waals surface area (Å²) in [5.41, 5.74) is 0.508. The number of hydrogen-bond acceptors (Lipinski definition) is 4. The van der Waals surface area contributed by atoms with Crippen molar-refractivity contribution in [3.05, 3.63) is 0 Å². The summed E-state index contributed by atoms with van der Waals surface area (Å²) in [6.45, 7) is 12.3. The Morgan fingerprint density at radius 3 is 2.33 bits per heavy atom. The summed E-state index contributed by atoms with van der Waals surface area (Å²) in [5.74, 6) is 2.56. The normalized spacial score (nSPS) is 18.2. The molecular formula is C14H29NOS2. The van der Waals surface area contributed by atoms with Gasteiger partial charge >= 0.3 is 0 Å². The molecule has 1 rings (SSSR count). The summed E-state index contributed by atoms with van der Waals surface area (Å²) in [6, 6.07) is 0. The van der Waals surface area contributed by atoms with E-state index in [0.717, 1.165) is 26.3 Å². The van der Waals surface area contributed by atoms with Gasteiger partial charge in [0.15, 0.2) is 0 Å². The highest BCUT2D eigenvalue weighted by atomic mass is 33.1. The molecule has 1 heterocycles. The Morgan fingerprint density at radius 1 is 1.00 bits per heavy atom. The average molecular weight is 292 g/mol. The zero-order valence-electron chi connectivity index (χ0n) is 12.2. The predicted molar refractivity (Wildman–Crippen MR) is 85.5 cm³/mol. The maximum atomic E-state index is 5.35. The number of ether oxygens (including phenoxy) is 1. The predicted octanol–water partition coefficient (Wildman–Crippen LogP) is 3.92. The van der Waals surface area contributed by atoms with E-state index in [1.807, 2.05) is 10.8 Å². The van der Waals surface area contributed by atoms with Crippen molar-refractivity contribution in [3.8, 4) is 0 Å². The van der Waals surface area contributed by atoms with E-state index in [0.29, 0.717) is 5.41 Å². The molecule has 4 heteroatoms. The standard InChI is InChI=1S/C14H29NOS2/c1-14(2,3)6-4-5-12-17-18-13-9-15-7-10-16-11-8-15/h4-13H2,1-3H3. The maximum absolute atomic E-state index is 5.35. The van der Waals surface area contributed by atoms with Crippen LogP contribution in [0, 0.1) is 5.41 Å². The molecular weight excluding hydrogens is 262 g/mol. The van der Waals surface area contributed by atoms with Gasteiger partial charge in [-0.1, -0.05) is 48.8 Å². The molecule has 0 bridgehead atoms. The minimum absolute atomic E-state index is 0.508. The van der Waals surface area contributed by atoms with E-state index in [9.17, 15) is 0 Å². The molecule has 0 unspecified atom stereocenters. The summed E-state index contributed by atoms with van der Waals surface area (Å²) in [7, 11) is 4.09. The number of hydrogen-bond donors (Lipinski definition) is 0. The van der Waals surface area contributed by atoms with Crippen molar-refractivity contribution in [3.63, 3.8) is 0 Å². The van der Waals surface area contributed by atoms with Gasteiger partial charge in [-0.2, -0.15) is 0 Å². The first-order chi connectivity index (χ1) is 8.58. The van der Waals surface area contributed by atoms with Crippen LogP contribution in [0.25, 0.3) is 0 Å². The van der Waals surface area contributed by atoms with Gasteiger partial charge in [-0.05, 0) is 18.3 Å². The molecule has 0 saturated carbocycles. The molecule has 1 aliphatic rings. The van der Waals surface area contributed by atoms with Gasteiger partial charge < -0.3 is 4.74 Å². The van der Waals surface area contributed by atoms with E-state index < -0.39 is 0 Å². The molecule has 2 nitrogen and oxygen atoms in total. The molecule has 18 heavy (non-hydrogen) atoms. The Kier molecular flexibility index (Phi) is 8.81. The highest BCUT2D eigenvalue weighted by Gasteiger charge is 2.10. The van der Waals surface area contributed by atoms with Gasteiger partial charge in [0.05, 0.1) is 13.2 Å². The van der Waals surface area contributed by atoms with Crippen LogP contribution in [0.2, 0.25) is 0 Å². The van der Waals surface area contributed by atoms with Crippen LogP contribution >= 0.6 is 21.6 Å². The van der Waals surface area contributed by atoms with Crippen molar-refractivity contribution >= 4 is 21.6 Å². The second-order valence-electron chi connectivity index (χ2n) is 6.12. The minimum atomic E-state index is 0.508. The summed E-state index contributed by atoms with van der Waals surface area (Å²) in [5, 5.41) is 0. The summed E-state index contributed by atoms with van der Waals surface area (Å²) < 4.78 is 5.35. The first-order valence-corrected chi connectivity index (χ1v) is 9.61. The number of nitrogens with zero attached hydrogens (tertiary/aromatic N) is 1. The number of unbranched alkanes of at least 4 members (excludes halogenated alkanes) is 1. The second-order valence-corrected chi connectivity index (χ2v) is 8.82. The first-order valence-electron chi connectivity index (χ1n) is 7.12. The zero-order chi connectivity index (χ0) is 13.3. The van der Waals surface area contributed by atoms with E-state index in [1.54, 1.807) is 0 Å². The number of rotatable bonds is 8. The Labute approximate surface area is 121 Å². The third-order valence-corrected chi connectivity index (χ3v) is 5.55. The Bertz CT molecular complexity index is 200. The smallest absolute Gasteiger partial charge is 0.0594 e. The highest BCUT2D eigenvalue weighted by Crippen LogP contribution is 2.26. The van der Waals surface area contributed by atoms with Crippen molar-refractivity contribution in [2.75, 3.05) is 44.4 Å². The molecule has 0 radical (unpaired) electrons. The fourth-order valence-corrected chi connectivity index (χ4v) is 4.10. The molecule has 1 saturated heterocycles. The van der Waals surface area contributed by atoms with Crippen molar-refractivity contribution in [1.29, 1.82) is 0 Å². The second kappa shape index (κ2) is 9.51. The van der Waals surface area contributed by atoms with Gasteiger partial charge in [-0.25, -0.2) is 0 Å². The van der Waals surface area contributed by atoms with Gasteiger partial charge in [0, 0.05) is 31.1 Å². The van der Waals surface area contributed by atoms with Crippen molar-refractivity contribution in [2.45, 2.75) is 40.0 Å². The molecule has 1 aliphatic heterocycles. The van der Waals surface area contributed by atoms with E-state index in [1.165, 1.54) is 37.3 Å². The Morgan fingerprint density at radius 2 is 1.67 bits per heavy atom. The van der Waals surface area contributed by atoms with E-state index >= 15 is 0 Å². The Hall–Kier alpha value is 0.620. The molecule has 0 amide bonds. The van der Waals surface area contributed by atoms with E-state index in [2.05, 4.69) is 36.5 Å². The summed E-state index contributed by atoms with van der Waals surface area (Å²) >= 11 is 0. The average Bonchev–Trinajstić information content (AvgIpc) is 2.32. The highest BCUT2D eigenvalue weighted by molar-refractivity contribution is 8.76. The lowest BCUT2D eigenvalue weighted by Crippen LogP contribution is -2.37. The van der Waals surface area contributed by atoms with Crippen molar-refractivity contribution in [1.82, 2.24) is 4.90 Å². The van der Waals surface area contributed by atoms with Crippen LogP contribution in [-0.4, -0.2) is 49.3 Å². The van der Waals surface area contributed by atoms with Gasteiger partial charge in [0.2, 0.25) is 0 Å². The third-order valence-electron chi connectivity index (χ3n) is 3.08. The van der Waals surface area contributed by atoms with Crippen LogP contribution in [0.3, 0.4) is 0 Å². The van der Waals surface area contributed by atoms with Crippen LogP contribution < -0.4 is 0 Å². The maximum Gasteiger partial charge on any atom is 0.0594 e. The molecule has 108 valence electrons. The monoisotopic (exact) mass is 291 g/mol. The molecule has 0 aromatic heterocycles. The quantitative estimate of drug-likeness (QED) is 0.496. The SMILES string of the molecule is CC(C)(C)CCCCSSCCN1CCOCC1. The van der Waals surface area contributed by atoms with Gasteiger partial charge in [0.1, 0.15) is 0 Å². The lowest BCUT2D eigenvalue weighted by molar-refractivity contribution is 0.0410. The van der Waals surface area contributed by atoms with E-state index in [-0.39, 0.29) is 0 Å². The molecule has 1 fully saturated rings. The lowest BCUT2D eigenvalue weighted by atomic mass is 9.90. The fourth-order valence-electron chi connectivity index (χ4n) is 1.93. The van der Waals surface area contributed by atoms with Gasteiger partial charge in [0.25, 0.3) is 0 Å². The molecule has 0 aromatic carbocycles. The number of morpholine rings is 1. The van der Waals surface area contributed by atoms with Gasteiger partial charge in [-0.15, -0.1) is 0 Å². The largest absolute Gasteiger partial charge is 0.379 e. The molecule has 0 aliphatic carbocycles. The summed E-state index contributed by atoms with van der Waals surface area (Å²) in [6.07, 6.45) is 4.10. The molecule has 0 N–H and O–H groups in total. The molecule has 0 aromatic rings. The molecule has 0 spiro atoms. The van der Waals surface area contributed by atoms with Crippen LogP contribution in [0.4, 0.5) is 0 Å². The van der Waals surface area contributed by atoms with Crippen LogP contribution in [0.5, 0.6) is 0 Å². The van der Waals surface area contributed by atoms with Crippen molar-refractivity contribution in [2.24, 2.45) is 5.41 Å².